The van der Waals surface area contributed by atoms with Crippen molar-refractivity contribution in [1.29, 1.82) is 0 Å². The number of aryl methyl sites for hydroxylation is 1. The van der Waals surface area contributed by atoms with Gasteiger partial charge in [-0.3, -0.25) is 0 Å². The van der Waals surface area contributed by atoms with Crippen LogP contribution in [0.5, 0.6) is 0 Å². The molecule has 0 saturated carbocycles. The third kappa shape index (κ3) is 3.05. The van der Waals surface area contributed by atoms with Gasteiger partial charge in [-0.1, -0.05) is 29.3 Å². The van der Waals surface area contributed by atoms with Crippen molar-refractivity contribution in [1.82, 2.24) is 0 Å². The summed E-state index contributed by atoms with van der Waals surface area (Å²) in [6.07, 6.45) is 0. The largest absolute Gasteiger partial charge is 0.376 e. The lowest BCUT2D eigenvalue weighted by molar-refractivity contribution is 0.621. The molecule has 5 heteroatoms. The highest BCUT2D eigenvalue weighted by Gasteiger charge is 2.18. The van der Waals surface area contributed by atoms with Crippen LogP contribution in [0.4, 0.5) is 14.5 Å². The summed E-state index contributed by atoms with van der Waals surface area (Å²) in [5.41, 5.74) is 1.65. The quantitative estimate of drug-likeness (QED) is 0.711. The lowest BCUT2D eigenvalue weighted by atomic mass is 10.1. The molecule has 1 nitrogen and oxygen atoms in total. The van der Waals surface area contributed by atoms with Gasteiger partial charge in [-0.15, -0.1) is 0 Å². The average molecular weight is 316 g/mol. The van der Waals surface area contributed by atoms with E-state index in [4.69, 9.17) is 23.2 Å². The number of rotatable bonds is 3. The van der Waals surface area contributed by atoms with Crippen molar-refractivity contribution in [2.45, 2.75) is 19.9 Å². The van der Waals surface area contributed by atoms with Gasteiger partial charge in [0.1, 0.15) is 11.6 Å². The second-order valence-corrected chi connectivity index (χ2v) is 5.39. The number of hydrogen-bond donors (Lipinski definition) is 1. The molecule has 0 saturated heterocycles. The van der Waals surface area contributed by atoms with Crippen molar-refractivity contribution in [3.63, 3.8) is 0 Å². The summed E-state index contributed by atoms with van der Waals surface area (Å²) in [6.45, 7) is 3.60. The van der Waals surface area contributed by atoms with Crippen LogP contribution in [0.3, 0.4) is 0 Å². The van der Waals surface area contributed by atoms with Crippen molar-refractivity contribution in [2.75, 3.05) is 5.32 Å². The number of anilines is 1. The predicted molar refractivity (Wildman–Crippen MR) is 79.6 cm³/mol. The molecule has 0 aromatic heterocycles. The first kappa shape index (κ1) is 15.1. The van der Waals surface area contributed by atoms with E-state index in [9.17, 15) is 8.78 Å². The van der Waals surface area contributed by atoms with Crippen molar-refractivity contribution < 1.29 is 8.78 Å². The fourth-order valence-electron chi connectivity index (χ4n) is 1.99. The molecular formula is C15H13Cl2F2N. The van der Waals surface area contributed by atoms with Crippen molar-refractivity contribution in [2.24, 2.45) is 0 Å². The maximum absolute atomic E-state index is 13.7. The maximum Gasteiger partial charge on any atom is 0.146 e. The summed E-state index contributed by atoms with van der Waals surface area (Å²) in [7, 11) is 0. The van der Waals surface area contributed by atoms with E-state index in [0.717, 1.165) is 5.56 Å². The highest BCUT2D eigenvalue weighted by Crippen LogP contribution is 2.34. The predicted octanol–water partition coefficient (Wildman–Crippen LogP) is 5.75. The Balaban J connectivity index is 2.35. The molecule has 0 amide bonds. The van der Waals surface area contributed by atoms with Gasteiger partial charge in [0.2, 0.25) is 0 Å². The van der Waals surface area contributed by atoms with Crippen molar-refractivity contribution >= 4 is 28.9 Å². The van der Waals surface area contributed by atoms with E-state index in [1.54, 1.807) is 19.1 Å². The SMILES string of the molecule is Cc1ccc(F)c(NC(C)c2c(Cl)ccc(F)c2Cl)c1. The van der Waals surface area contributed by atoms with E-state index in [-0.39, 0.29) is 10.8 Å². The zero-order chi connectivity index (χ0) is 14.9. The third-order valence-electron chi connectivity index (χ3n) is 3.01. The van der Waals surface area contributed by atoms with Crippen molar-refractivity contribution in [3.8, 4) is 0 Å². The topological polar surface area (TPSA) is 12.0 Å². The van der Waals surface area contributed by atoms with Gasteiger partial charge in [-0.25, -0.2) is 8.78 Å². The summed E-state index contributed by atoms with van der Waals surface area (Å²) >= 11 is 12.0. The lowest BCUT2D eigenvalue weighted by Crippen LogP contribution is -2.10. The lowest BCUT2D eigenvalue weighted by Gasteiger charge is -2.19. The summed E-state index contributed by atoms with van der Waals surface area (Å²) in [5, 5.41) is 3.25. The van der Waals surface area contributed by atoms with E-state index in [0.29, 0.717) is 16.3 Å². The third-order valence-corrected chi connectivity index (χ3v) is 3.72. The van der Waals surface area contributed by atoms with Gasteiger partial charge < -0.3 is 5.32 Å². The smallest absolute Gasteiger partial charge is 0.146 e. The summed E-state index contributed by atoms with van der Waals surface area (Å²) in [6, 6.07) is 6.93. The van der Waals surface area contributed by atoms with Gasteiger partial charge in [0.05, 0.1) is 16.8 Å². The molecule has 20 heavy (non-hydrogen) atoms. The van der Waals surface area contributed by atoms with Gasteiger partial charge in [-0.05, 0) is 43.7 Å². The van der Waals surface area contributed by atoms with Crippen LogP contribution in [-0.2, 0) is 0 Å². The highest BCUT2D eigenvalue weighted by atomic mass is 35.5. The molecule has 1 atom stereocenters. The average Bonchev–Trinajstić information content (AvgIpc) is 2.39. The molecule has 0 fully saturated rings. The Morgan fingerprint density at radius 1 is 1.05 bits per heavy atom. The van der Waals surface area contributed by atoms with Gasteiger partial charge in [-0.2, -0.15) is 0 Å². The van der Waals surface area contributed by atoms with E-state index in [1.807, 2.05) is 6.92 Å². The molecule has 2 aromatic carbocycles. The molecule has 2 rings (SSSR count). The molecule has 106 valence electrons. The van der Waals surface area contributed by atoms with Crippen LogP contribution in [0.2, 0.25) is 10.0 Å². The number of benzene rings is 2. The number of halogens is 4. The van der Waals surface area contributed by atoms with E-state index in [2.05, 4.69) is 5.32 Å². The van der Waals surface area contributed by atoms with Crippen LogP contribution in [0.1, 0.15) is 24.1 Å². The molecule has 0 bridgehead atoms. The molecule has 0 aliphatic carbocycles. The molecule has 0 heterocycles. The van der Waals surface area contributed by atoms with Gasteiger partial charge in [0.25, 0.3) is 0 Å². The summed E-state index contributed by atoms with van der Waals surface area (Å²) in [5.74, 6) is -0.935. The maximum atomic E-state index is 13.7. The minimum absolute atomic E-state index is 0.0504. The number of hydrogen-bond acceptors (Lipinski definition) is 1. The molecule has 2 aromatic rings. The first-order chi connectivity index (χ1) is 9.40. The van der Waals surface area contributed by atoms with E-state index < -0.39 is 11.9 Å². The van der Waals surface area contributed by atoms with E-state index in [1.165, 1.54) is 18.2 Å². The Bertz CT molecular complexity index is 644. The standard InChI is InChI=1S/C15H13Cl2F2N/c1-8-3-5-11(18)13(7-8)20-9(2)14-10(16)4-6-12(19)15(14)17/h3-7,9,20H,1-2H3. The molecule has 0 aliphatic heterocycles. The Hall–Kier alpha value is -1.32. The second kappa shape index (κ2) is 5.98. The van der Waals surface area contributed by atoms with Crippen LogP contribution >= 0.6 is 23.2 Å². The Kier molecular flexibility index (Phi) is 4.51. The molecule has 0 spiro atoms. The zero-order valence-electron chi connectivity index (χ0n) is 11.0. The minimum Gasteiger partial charge on any atom is -0.376 e. The van der Waals surface area contributed by atoms with Gasteiger partial charge in [0.15, 0.2) is 0 Å². The van der Waals surface area contributed by atoms with Gasteiger partial charge in [0, 0.05) is 10.6 Å². The molecule has 0 aliphatic rings. The van der Waals surface area contributed by atoms with Gasteiger partial charge >= 0.3 is 0 Å². The Labute approximate surface area is 126 Å². The van der Waals surface area contributed by atoms with Crippen LogP contribution < -0.4 is 5.32 Å². The number of nitrogens with one attached hydrogen (secondary N) is 1. The molecule has 1 unspecified atom stereocenters. The second-order valence-electron chi connectivity index (χ2n) is 4.61. The van der Waals surface area contributed by atoms with Crippen LogP contribution in [0, 0.1) is 18.6 Å². The normalized spacial score (nSPS) is 12.3. The summed E-state index contributed by atoms with van der Waals surface area (Å²) < 4.78 is 27.2. The first-order valence-electron chi connectivity index (χ1n) is 6.06. The molecule has 1 N–H and O–H groups in total. The highest BCUT2D eigenvalue weighted by molar-refractivity contribution is 6.36. The van der Waals surface area contributed by atoms with Crippen LogP contribution in [0.15, 0.2) is 30.3 Å². The van der Waals surface area contributed by atoms with Crippen molar-refractivity contribution in [3.05, 3.63) is 63.1 Å². The Morgan fingerprint density at radius 3 is 2.40 bits per heavy atom. The first-order valence-corrected chi connectivity index (χ1v) is 6.82. The monoisotopic (exact) mass is 315 g/mol. The fraction of sp³-hybridized carbons (Fsp3) is 0.200. The fourth-order valence-corrected chi connectivity index (χ4v) is 2.69. The minimum atomic E-state index is -0.551. The van der Waals surface area contributed by atoms with Crippen LogP contribution in [0.25, 0.3) is 0 Å². The zero-order valence-corrected chi connectivity index (χ0v) is 12.5. The Morgan fingerprint density at radius 2 is 1.70 bits per heavy atom. The molecular weight excluding hydrogens is 303 g/mol. The molecule has 0 radical (unpaired) electrons. The van der Waals surface area contributed by atoms with E-state index >= 15 is 0 Å². The van der Waals surface area contributed by atoms with Crippen LogP contribution in [-0.4, -0.2) is 0 Å². The summed E-state index contributed by atoms with van der Waals surface area (Å²) in [4.78, 5) is 0.